The van der Waals surface area contributed by atoms with Gasteiger partial charge in [-0.25, -0.2) is 9.48 Å². The van der Waals surface area contributed by atoms with Crippen molar-refractivity contribution in [1.82, 2.24) is 9.78 Å². The van der Waals surface area contributed by atoms with Crippen LogP contribution in [0.3, 0.4) is 0 Å². The first-order chi connectivity index (χ1) is 20.8. The molecule has 0 atom stereocenters. The van der Waals surface area contributed by atoms with Crippen LogP contribution in [-0.2, 0) is 25.0 Å². The standard InChI is InChI=1S/C28H22N4O10S2/c33-26-19(18-29-31(26)20-10-14-22(15-11-20)43(37,38)39)8-6-4-2-1-3-5-7-9-24-25(28(35)36)30-32(27(24)34)21-12-16-23(17-13-21)44(40,41)42/h1-18,30H,(H,35,36)(H,37,38,39)(H,40,41,42)/b2-1+,5-3+,6-4+,9-7+,19-8-. The van der Waals surface area contributed by atoms with Crippen molar-refractivity contribution in [3.8, 4) is 5.69 Å². The van der Waals surface area contributed by atoms with Gasteiger partial charge in [0.05, 0.1) is 38.5 Å². The summed E-state index contributed by atoms with van der Waals surface area (Å²) in [6.07, 6.45) is 15.3. The quantitative estimate of drug-likeness (QED) is 0.145. The Kier molecular flexibility index (Phi) is 9.20. The predicted octanol–water partition coefficient (Wildman–Crippen LogP) is 3.00. The van der Waals surface area contributed by atoms with Crippen LogP contribution < -0.4 is 10.6 Å². The van der Waals surface area contributed by atoms with Gasteiger partial charge in [-0.15, -0.1) is 0 Å². The molecule has 0 aliphatic carbocycles. The van der Waals surface area contributed by atoms with Gasteiger partial charge in [-0.1, -0.05) is 42.5 Å². The van der Waals surface area contributed by atoms with Crippen molar-refractivity contribution in [2.24, 2.45) is 5.10 Å². The monoisotopic (exact) mass is 638 g/mol. The third-order valence-corrected chi connectivity index (χ3v) is 7.60. The molecule has 4 N–H and O–H groups in total. The van der Waals surface area contributed by atoms with E-state index in [2.05, 4.69) is 10.2 Å². The first-order valence-corrected chi connectivity index (χ1v) is 15.2. The number of aromatic carboxylic acids is 1. The van der Waals surface area contributed by atoms with Crippen molar-refractivity contribution in [3.05, 3.63) is 124 Å². The summed E-state index contributed by atoms with van der Waals surface area (Å²) in [5.74, 6) is -1.83. The van der Waals surface area contributed by atoms with Crippen molar-refractivity contribution >= 4 is 50.1 Å². The number of benzene rings is 2. The molecule has 1 aliphatic rings. The Morgan fingerprint density at radius 3 is 1.77 bits per heavy atom. The van der Waals surface area contributed by atoms with E-state index in [0.717, 1.165) is 34.0 Å². The zero-order valence-corrected chi connectivity index (χ0v) is 23.9. The Hall–Kier alpha value is -5.42. The molecule has 0 fully saturated rings. The molecule has 0 saturated heterocycles. The molecule has 0 radical (unpaired) electrons. The molecule has 44 heavy (non-hydrogen) atoms. The van der Waals surface area contributed by atoms with E-state index in [0.29, 0.717) is 5.69 Å². The molecule has 4 rings (SSSR count). The first kappa shape index (κ1) is 31.5. The fourth-order valence-electron chi connectivity index (χ4n) is 3.76. The second-order valence-corrected chi connectivity index (χ2v) is 11.6. The number of hydrogen-bond acceptors (Lipinski definition) is 8. The van der Waals surface area contributed by atoms with Gasteiger partial charge in [0.25, 0.3) is 31.7 Å². The molecular weight excluding hydrogens is 616 g/mol. The lowest BCUT2D eigenvalue weighted by Crippen LogP contribution is -2.21. The second kappa shape index (κ2) is 12.8. The fraction of sp³-hybridized carbons (Fsp3) is 0. The number of hydrogen-bond donors (Lipinski definition) is 4. The Morgan fingerprint density at radius 1 is 0.750 bits per heavy atom. The number of H-pyrrole nitrogens is 1. The van der Waals surface area contributed by atoms with Crippen LogP contribution in [0, 0.1) is 0 Å². The summed E-state index contributed by atoms with van der Waals surface area (Å²) in [5, 5.41) is 17.0. The molecule has 16 heteroatoms. The molecule has 1 amide bonds. The average Bonchev–Trinajstić information content (AvgIpc) is 3.50. The largest absolute Gasteiger partial charge is 0.477 e. The minimum absolute atomic E-state index is 0.150. The van der Waals surface area contributed by atoms with Gasteiger partial charge in [0, 0.05) is 0 Å². The van der Waals surface area contributed by atoms with E-state index in [4.69, 9.17) is 9.11 Å². The van der Waals surface area contributed by atoms with E-state index < -0.39 is 37.7 Å². The van der Waals surface area contributed by atoms with Gasteiger partial charge in [0.2, 0.25) is 0 Å². The maximum atomic E-state index is 12.8. The second-order valence-electron chi connectivity index (χ2n) is 8.78. The number of allylic oxidation sites excluding steroid dienone is 8. The lowest BCUT2D eigenvalue weighted by Gasteiger charge is -2.11. The number of nitrogens with zero attached hydrogens (tertiary/aromatic N) is 3. The molecule has 0 spiro atoms. The Balaban J connectivity index is 1.37. The Labute approximate surface area is 250 Å². The van der Waals surface area contributed by atoms with E-state index >= 15 is 0 Å². The van der Waals surface area contributed by atoms with Crippen molar-refractivity contribution in [2.75, 3.05) is 5.01 Å². The van der Waals surface area contributed by atoms with E-state index in [9.17, 15) is 36.3 Å². The van der Waals surface area contributed by atoms with Gasteiger partial charge in [0.15, 0.2) is 5.69 Å². The number of carboxylic acid groups (broad SMARTS) is 1. The van der Waals surface area contributed by atoms with Crippen molar-refractivity contribution in [2.45, 2.75) is 9.79 Å². The van der Waals surface area contributed by atoms with Crippen molar-refractivity contribution < 1.29 is 40.6 Å². The summed E-state index contributed by atoms with van der Waals surface area (Å²) < 4.78 is 63.9. The number of carbonyl (C=O) groups is 2. The molecule has 1 aliphatic heterocycles. The summed E-state index contributed by atoms with van der Waals surface area (Å²) in [6.45, 7) is 0. The lowest BCUT2D eigenvalue weighted by molar-refractivity contribution is -0.114. The zero-order chi connectivity index (χ0) is 32.1. The van der Waals surface area contributed by atoms with Crippen LogP contribution in [0.4, 0.5) is 5.69 Å². The Bertz CT molecular complexity index is 2060. The summed E-state index contributed by atoms with van der Waals surface area (Å²) in [7, 11) is -8.80. The number of rotatable bonds is 10. The molecule has 0 saturated carbocycles. The van der Waals surface area contributed by atoms with Gasteiger partial charge in [-0.2, -0.15) is 26.9 Å². The molecule has 2 aromatic carbocycles. The van der Waals surface area contributed by atoms with Crippen molar-refractivity contribution in [3.63, 3.8) is 0 Å². The number of aromatic amines is 1. The van der Waals surface area contributed by atoms with E-state index in [1.54, 1.807) is 36.5 Å². The SMILES string of the molecule is O=C(O)c1[nH]n(-c2ccc(S(=O)(=O)O)cc2)c(=O)c1/C=C/C=C/C=C/C=C/C=C1/C=NN(c2ccc(S(=O)(=O)O)cc2)C1=O. The number of hydrazone groups is 1. The normalized spacial score (nSPS) is 15.3. The fourth-order valence-corrected chi connectivity index (χ4v) is 4.72. The van der Waals surface area contributed by atoms with Crippen molar-refractivity contribution in [1.29, 1.82) is 0 Å². The van der Waals surface area contributed by atoms with Crippen LogP contribution in [0.1, 0.15) is 16.1 Å². The number of aromatic nitrogens is 2. The van der Waals surface area contributed by atoms with Crippen LogP contribution in [-0.4, -0.2) is 58.9 Å². The summed E-state index contributed by atoms with van der Waals surface area (Å²) in [5.41, 5.74) is -0.499. The highest BCUT2D eigenvalue weighted by Gasteiger charge is 2.24. The molecule has 1 aromatic heterocycles. The van der Waals surface area contributed by atoms with Crippen LogP contribution in [0.2, 0.25) is 0 Å². The maximum Gasteiger partial charge on any atom is 0.354 e. The first-order valence-electron chi connectivity index (χ1n) is 12.3. The van der Waals surface area contributed by atoms with E-state index in [-0.39, 0.29) is 32.3 Å². The molecule has 226 valence electrons. The predicted molar refractivity (Wildman–Crippen MR) is 160 cm³/mol. The van der Waals surface area contributed by atoms with Crippen LogP contribution in [0.5, 0.6) is 0 Å². The molecule has 14 nitrogen and oxygen atoms in total. The van der Waals surface area contributed by atoms with Gasteiger partial charge in [-0.3, -0.25) is 23.8 Å². The minimum atomic E-state index is -4.44. The van der Waals surface area contributed by atoms with E-state index in [1.165, 1.54) is 48.7 Å². The van der Waals surface area contributed by atoms with Gasteiger partial charge in [0.1, 0.15) is 0 Å². The third-order valence-electron chi connectivity index (χ3n) is 5.87. The van der Waals surface area contributed by atoms with E-state index in [1.807, 2.05) is 0 Å². The van der Waals surface area contributed by atoms with Gasteiger partial charge >= 0.3 is 5.97 Å². The molecule has 3 aromatic rings. The molecular formula is C28H22N4O10S2. The molecule has 0 unspecified atom stereocenters. The number of carboxylic acids is 1. The average molecular weight is 639 g/mol. The van der Waals surface area contributed by atoms with Crippen LogP contribution in [0.15, 0.2) is 122 Å². The highest BCUT2D eigenvalue weighted by molar-refractivity contribution is 7.86. The highest BCUT2D eigenvalue weighted by Crippen LogP contribution is 2.22. The van der Waals surface area contributed by atoms with Gasteiger partial charge in [-0.05, 0) is 60.7 Å². The number of amides is 1. The summed E-state index contributed by atoms with van der Waals surface area (Å²) >= 11 is 0. The van der Waals surface area contributed by atoms with Crippen LogP contribution in [0.25, 0.3) is 11.8 Å². The minimum Gasteiger partial charge on any atom is -0.477 e. The molecule has 2 heterocycles. The Morgan fingerprint density at radius 2 is 1.25 bits per heavy atom. The topological polar surface area (TPSA) is 216 Å². The highest BCUT2D eigenvalue weighted by atomic mass is 32.2. The number of anilines is 1. The maximum absolute atomic E-state index is 12.8. The third kappa shape index (κ3) is 7.31. The number of nitrogens with one attached hydrogen (secondary N) is 1. The van der Waals surface area contributed by atoms with Gasteiger partial charge < -0.3 is 5.11 Å². The smallest absolute Gasteiger partial charge is 0.354 e. The zero-order valence-electron chi connectivity index (χ0n) is 22.2. The number of carbonyl (C=O) groups excluding carboxylic acids is 1. The lowest BCUT2D eigenvalue weighted by atomic mass is 10.2. The summed E-state index contributed by atoms with van der Waals surface area (Å²) in [6, 6.07) is 9.57. The summed E-state index contributed by atoms with van der Waals surface area (Å²) in [4.78, 5) is 36.4. The van der Waals surface area contributed by atoms with Crippen LogP contribution >= 0.6 is 0 Å². The molecule has 0 bridgehead atoms.